The first-order valence-corrected chi connectivity index (χ1v) is 12.4. The van der Waals surface area contributed by atoms with E-state index in [0.29, 0.717) is 44.2 Å². The highest BCUT2D eigenvalue weighted by molar-refractivity contribution is 7.14. The van der Waals surface area contributed by atoms with E-state index in [9.17, 15) is 14.7 Å². The van der Waals surface area contributed by atoms with Crippen LogP contribution in [0.15, 0.2) is 41.3 Å². The Kier molecular flexibility index (Phi) is 5.78. The first kappa shape index (κ1) is 24.0. The Bertz CT molecular complexity index is 1760. The molecule has 1 fully saturated rings. The van der Waals surface area contributed by atoms with Crippen molar-refractivity contribution in [3.05, 3.63) is 58.4 Å². The fourth-order valence-electron chi connectivity index (χ4n) is 4.50. The van der Waals surface area contributed by atoms with Gasteiger partial charge in [-0.05, 0) is 36.7 Å². The maximum absolute atomic E-state index is 13.4. The zero-order valence-corrected chi connectivity index (χ0v) is 21.1. The number of aryl methyl sites for hydroxylation is 1. The number of anilines is 2. The number of rotatable bonds is 5. The summed E-state index contributed by atoms with van der Waals surface area (Å²) < 4.78 is 17.2. The predicted octanol–water partition coefficient (Wildman–Crippen LogP) is 1.48. The minimum Gasteiger partial charge on any atom is -0.481 e. The molecule has 14 heteroatoms. The quantitative estimate of drug-likeness (QED) is 0.299. The number of fused-ring (bicyclic) bond motifs is 3. The number of H-pyrrole nitrogens is 1. The lowest BCUT2D eigenvalue weighted by Gasteiger charge is -2.32. The average molecular weight is 535 g/mol. The molecule has 5 heterocycles. The van der Waals surface area contributed by atoms with E-state index >= 15 is 0 Å². The van der Waals surface area contributed by atoms with E-state index in [2.05, 4.69) is 24.4 Å². The van der Waals surface area contributed by atoms with Gasteiger partial charge in [0.1, 0.15) is 17.7 Å². The molecule has 1 aliphatic rings. The van der Waals surface area contributed by atoms with E-state index in [1.165, 1.54) is 12.0 Å². The number of aromatic amines is 1. The van der Waals surface area contributed by atoms with E-state index < -0.39 is 23.7 Å². The summed E-state index contributed by atoms with van der Waals surface area (Å²) in [6.45, 7) is 2.25. The highest BCUT2D eigenvalue weighted by Gasteiger charge is 2.39. The number of aromatic nitrogens is 6. The Morgan fingerprint density at radius 1 is 1.29 bits per heavy atom. The van der Waals surface area contributed by atoms with Crippen molar-refractivity contribution < 1.29 is 19.4 Å². The Morgan fingerprint density at radius 3 is 2.95 bits per heavy atom. The highest BCUT2D eigenvalue weighted by Crippen LogP contribution is 2.31. The van der Waals surface area contributed by atoms with Crippen LogP contribution in [0.1, 0.15) is 17.6 Å². The molecule has 1 amide bonds. The third kappa shape index (κ3) is 3.86. The minimum absolute atomic E-state index is 0.0786. The van der Waals surface area contributed by atoms with Gasteiger partial charge >= 0.3 is 0 Å². The fraction of sp³-hybridized carbons (Fsp3) is 0.250. The molecule has 0 radical (unpaired) electrons. The lowest BCUT2D eigenvalue weighted by molar-refractivity contribution is -0.143. The standard InChI is InChI=1S/C24H22N8O5S/c1-11-9-15(29-32(11)12-5-6-26-16(10-12)36-2)31-7-8-37-19(24(31)35)18(33)22-27-14-4-3-13-20(38-30-21(13)25)17(14)23(34)28-22/h3-6,9-10,18-19,33H,7-8H2,1-2H3,(H2,25,30)(H,27,28,34)/t18?,19-/m1/s1. The maximum atomic E-state index is 13.4. The molecule has 6 rings (SSSR count). The van der Waals surface area contributed by atoms with E-state index in [1.54, 1.807) is 41.2 Å². The van der Waals surface area contributed by atoms with Crippen molar-refractivity contribution in [2.24, 2.45) is 0 Å². The number of carbonyl (C=O) groups excluding carboxylic acids is 1. The topological polar surface area (TPSA) is 174 Å². The van der Waals surface area contributed by atoms with Gasteiger partial charge in [0.2, 0.25) is 5.88 Å². The number of pyridine rings is 1. The van der Waals surface area contributed by atoms with E-state index in [4.69, 9.17) is 15.2 Å². The summed E-state index contributed by atoms with van der Waals surface area (Å²) in [6, 6.07) is 8.62. The number of nitrogens with two attached hydrogens (primary N) is 1. The second kappa shape index (κ2) is 9.16. The summed E-state index contributed by atoms with van der Waals surface area (Å²) in [4.78, 5) is 39.0. The van der Waals surface area contributed by atoms with Crippen molar-refractivity contribution in [2.45, 2.75) is 19.1 Å². The van der Waals surface area contributed by atoms with Gasteiger partial charge in [0.25, 0.3) is 11.5 Å². The molecule has 1 saturated heterocycles. The maximum Gasteiger partial charge on any atom is 0.260 e. The Morgan fingerprint density at radius 2 is 2.13 bits per heavy atom. The second-order valence-electron chi connectivity index (χ2n) is 8.69. The molecule has 0 aliphatic carbocycles. The molecule has 1 unspecified atom stereocenters. The van der Waals surface area contributed by atoms with Crippen LogP contribution in [0.5, 0.6) is 5.88 Å². The summed E-state index contributed by atoms with van der Waals surface area (Å²) in [5.41, 5.74) is 7.25. The summed E-state index contributed by atoms with van der Waals surface area (Å²) in [6.07, 6.45) is -1.20. The molecule has 1 aromatic carbocycles. The lowest BCUT2D eigenvalue weighted by atomic mass is 10.1. The Hall–Kier alpha value is -4.40. The van der Waals surface area contributed by atoms with Crippen molar-refractivity contribution >= 4 is 50.1 Å². The number of nitrogens with zero attached hydrogens (tertiary/aromatic N) is 6. The molecule has 0 bridgehead atoms. The molecule has 38 heavy (non-hydrogen) atoms. The van der Waals surface area contributed by atoms with Crippen LogP contribution in [0.2, 0.25) is 0 Å². The number of hydrogen-bond donors (Lipinski definition) is 3. The van der Waals surface area contributed by atoms with Crippen LogP contribution < -0.4 is 20.9 Å². The largest absolute Gasteiger partial charge is 0.481 e. The van der Waals surface area contributed by atoms with Crippen LogP contribution in [0, 0.1) is 6.92 Å². The number of methoxy groups -OCH3 is 1. The number of nitrogens with one attached hydrogen (secondary N) is 1. The lowest BCUT2D eigenvalue weighted by Crippen LogP contribution is -2.50. The number of amides is 1. The van der Waals surface area contributed by atoms with Gasteiger partial charge in [-0.25, -0.2) is 14.6 Å². The molecule has 4 N–H and O–H groups in total. The molecule has 13 nitrogen and oxygen atoms in total. The third-order valence-corrected chi connectivity index (χ3v) is 7.26. The van der Waals surface area contributed by atoms with Crippen LogP contribution in [0.25, 0.3) is 26.7 Å². The number of benzene rings is 1. The summed E-state index contributed by atoms with van der Waals surface area (Å²) in [5.74, 6) is 0.576. The van der Waals surface area contributed by atoms with Gasteiger partial charge in [-0.15, -0.1) is 5.10 Å². The fourth-order valence-corrected chi connectivity index (χ4v) is 5.35. The normalized spacial score (nSPS) is 16.9. The smallest absolute Gasteiger partial charge is 0.260 e. The summed E-state index contributed by atoms with van der Waals surface area (Å²) in [7, 11) is 1.53. The van der Waals surface area contributed by atoms with E-state index in [0.717, 1.165) is 17.2 Å². The zero-order valence-electron chi connectivity index (χ0n) is 20.3. The SMILES string of the molecule is COc1cc(-n2nc(N3CCO[C@H](C(O)c4nc5ccc6c(N)nsc6c5c(=O)[nH]4)C3=O)cc2C)ccn1. The molecule has 4 aromatic heterocycles. The third-order valence-electron chi connectivity index (χ3n) is 6.37. The number of aliphatic hydroxyl groups excluding tert-OH is 1. The van der Waals surface area contributed by atoms with Crippen molar-refractivity contribution in [3.8, 4) is 11.6 Å². The number of aliphatic hydroxyl groups is 1. The number of morpholine rings is 1. The summed E-state index contributed by atoms with van der Waals surface area (Å²) in [5, 5.41) is 16.7. The van der Waals surface area contributed by atoms with Gasteiger partial charge in [0, 0.05) is 29.4 Å². The Labute approximate surface area is 218 Å². The molecule has 194 valence electrons. The highest BCUT2D eigenvalue weighted by atomic mass is 32.1. The van der Waals surface area contributed by atoms with Crippen LogP contribution in [0.3, 0.4) is 0 Å². The molecule has 5 aromatic rings. The van der Waals surface area contributed by atoms with Crippen LogP contribution in [-0.2, 0) is 9.53 Å². The van der Waals surface area contributed by atoms with Gasteiger partial charge in [-0.2, -0.15) is 4.37 Å². The molecule has 0 spiro atoms. The minimum atomic E-state index is -1.52. The van der Waals surface area contributed by atoms with Gasteiger partial charge in [0.15, 0.2) is 11.9 Å². The van der Waals surface area contributed by atoms with Gasteiger partial charge in [-0.3, -0.25) is 14.5 Å². The van der Waals surface area contributed by atoms with Gasteiger partial charge < -0.3 is 25.3 Å². The second-order valence-corrected chi connectivity index (χ2v) is 9.47. The number of carbonyl (C=O) groups is 1. The predicted molar refractivity (Wildman–Crippen MR) is 140 cm³/mol. The van der Waals surface area contributed by atoms with Crippen LogP contribution in [0.4, 0.5) is 11.6 Å². The average Bonchev–Trinajstić information content (AvgIpc) is 3.50. The first-order chi connectivity index (χ1) is 18.4. The van der Waals surface area contributed by atoms with Crippen molar-refractivity contribution in [3.63, 3.8) is 0 Å². The molecular formula is C24H22N8O5S. The van der Waals surface area contributed by atoms with Crippen LogP contribution >= 0.6 is 11.5 Å². The first-order valence-electron chi connectivity index (χ1n) is 11.6. The number of hydrogen-bond acceptors (Lipinski definition) is 11. The number of nitrogen functional groups attached to an aromatic ring is 1. The van der Waals surface area contributed by atoms with Crippen molar-refractivity contribution in [2.75, 3.05) is 30.9 Å². The van der Waals surface area contributed by atoms with E-state index in [1.807, 2.05) is 6.92 Å². The zero-order chi connectivity index (χ0) is 26.6. The van der Waals surface area contributed by atoms with Crippen LogP contribution in [-0.4, -0.2) is 66.5 Å². The van der Waals surface area contributed by atoms with Crippen molar-refractivity contribution in [1.29, 1.82) is 0 Å². The van der Waals surface area contributed by atoms with Gasteiger partial charge in [-0.1, -0.05) is 0 Å². The molecule has 2 atom stereocenters. The summed E-state index contributed by atoms with van der Waals surface area (Å²) >= 11 is 1.10. The van der Waals surface area contributed by atoms with E-state index in [-0.39, 0.29) is 19.0 Å². The molecule has 0 saturated carbocycles. The monoisotopic (exact) mass is 534 g/mol. The molecular weight excluding hydrogens is 512 g/mol. The van der Waals surface area contributed by atoms with Gasteiger partial charge in [0.05, 0.1) is 41.6 Å². The Balaban J connectivity index is 1.31. The number of ether oxygens (including phenoxy) is 2. The molecule has 1 aliphatic heterocycles. The van der Waals surface area contributed by atoms with Crippen molar-refractivity contribution in [1.82, 2.24) is 29.1 Å².